The van der Waals surface area contributed by atoms with Crippen molar-refractivity contribution >= 4 is 29.5 Å². The molecule has 3 rings (SSSR count). The fourth-order valence-electron chi connectivity index (χ4n) is 3.48. The first-order chi connectivity index (χ1) is 15.0. The average molecular weight is 466 g/mol. The van der Waals surface area contributed by atoms with Crippen molar-refractivity contribution < 1.29 is 32.3 Å². The van der Waals surface area contributed by atoms with Crippen molar-refractivity contribution in [3.8, 4) is 6.07 Å². The third-order valence-corrected chi connectivity index (χ3v) is 6.30. The summed E-state index contributed by atoms with van der Waals surface area (Å²) in [5, 5.41) is 11.4. The van der Waals surface area contributed by atoms with Crippen LogP contribution in [0.25, 0.3) is 0 Å². The first-order valence-corrected chi connectivity index (χ1v) is 10.0. The second-order valence-electron chi connectivity index (χ2n) is 6.82. The van der Waals surface area contributed by atoms with Crippen molar-refractivity contribution in [3.05, 3.63) is 57.4 Å². The van der Waals surface area contributed by atoms with Crippen LogP contribution in [0, 0.1) is 11.3 Å². The van der Waals surface area contributed by atoms with Gasteiger partial charge in [0.25, 0.3) is 5.91 Å². The number of nitrogens with one attached hydrogen (secondary N) is 1. The van der Waals surface area contributed by atoms with E-state index in [1.807, 2.05) is 6.07 Å². The number of alkyl halides is 3. The van der Waals surface area contributed by atoms with Crippen molar-refractivity contribution in [2.75, 3.05) is 14.2 Å². The van der Waals surface area contributed by atoms with Crippen LogP contribution in [-0.4, -0.2) is 42.1 Å². The number of nitrogens with two attached hydrogens (primary N) is 1. The Labute approximate surface area is 184 Å². The van der Waals surface area contributed by atoms with Crippen LogP contribution in [0.4, 0.5) is 13.2 Å². The number of allylic oxidation sites excluding steroid dienone is 1. The van der Waals surface area contributed by atoms with Crippen molar-refractivity contribution in [2.45, 2.75) is 23.8 Å². The number of nitriles is 1. The van der Waals surface area contributed by atoms with E-state index >= 15 is 0 Å². The molecule has 32 heavy (non-hydrogen) atoms. The van der Waals surface area contributed by atoms with Gasteiger partial charge in [0, 0.05) is 7.05 Å². The highest BCUT2D eigenvalue weighted by Crippen LogP contribution is 2.50. The Balaban J connectivity index is 2.18. The number of esters is 1. The van der Waals surface area contributed by atoms with Crippen molar-refractivity contribution in [1.29, 1.82) is 5.26 Å². The summed E-state index contributed by atoms with van der Waals surface area (Å²) in [5.41, 5.74) is 5.24. The normalized spacial score (nSPS) is 20.8. The van der Waals surface area contributed by atoms with Crippen LogP contribution in [0.3, 0.4) is 0 Å². The lowest BCUT2D eigenvalue weighted by atomic mass is 9.82. The highest BCUT2D eigenvalue weighted by molar-refractivity contribution is 8.04. The number of halogens is 3. The van der Waals surface area contributed by atoms with E-state index in [9.17, 15) is 32.8 Å². The van der Waals surface area contributed by atoms with Gasteiger partial charge in [-0.25, -0.2) is 0 Å². The Morgan fingerprint density at radius 3 is 2.44 bits per heavy atom. The predicted molar refractivity (Wildman–Crippen MR) is 107 cm³/mol. The van der Waals surface area contributed by atoms with Gasteiger partial charge in [-0.3, -0.25) is 19.3 Å². The second kappa shape index (κ2) is 8.58. The molecule has 0 radical (unpaired) electrons. The molecule has 0 unspecified atom stereocenters. The van der Waals surface area contributed by atoms with Gasteiger partial charge < -0.3 is 15.8 Å². The van der Waals surface area contributed by atoms with Gasteiger partial charge in [-0.2, -0.15) is 18.4 Å². The van der Waals surface area contributed by atoms with Gasteiger partial charge >= 0.3 is 12.1 Å². The van der Waals surface area contributed by atoms with Crippen LogP contribution in [0.1, 0.15) is 23.5 Å². The number of nitrogens with zero attached hydrogens (tertiary/aromatic N) is 2. The molecule has 2 atom stereocenters. The van der Waals surface area contributed by atoms with Gasteiger partial charge in [-0.05, 0) is 17.7 Å². The molecule has 0 bridgehead atoms. The lowest BCUT2D eigenvalue weighted by Gasteiger charge is -2.32. The minimum Gasteiger partial charge on any atom is -0.469 e. The van der Waals surface area contributed by atoms with E-state index in [2.05, 4.69) is 10.1 Å². The lowest BCUT2D eigenvalue weighted by molar-refractivity contribution is -0.142. The molecule has 2 aliphatic heterocycles. The molecule has 8 nitrogen and oxygen atoms in total. The Bertz CT molecular complexity index is 1090. The number of methoxy groups -OCH3 is 1. The minimum absolute atomic E-state index is 0.0243. The Morgan fingerprint density at radius 1 is 1.31 bits per heavy atom. The molecule has 0 aliphatic carbocycles. The van der Waals surface area contributed by atoms with Gasteiger partial charge in [0.15, 0.2) is 0 Å². The van der Waals surface area contributed by atoms with E-state index in [0.29, 0.717) is 0 Å². The van der Waals surface area contributed by atoms with E-state index in [1.165, 1.54) is 7.05 Å². The van der Waals surface area contributed by atoms with E-state index in [-0.39, 0.29) is 34.0 Å². The van der Waals surface area contributed by atoms with Crippen LogP contribution in [-0.2, 0) is 25.3 Å². The molecular formula is C20H17F3N4O4S. The third-order valence-electron chi connectivity index (χ3n) is 5.02. The van der Waals surface area contributed by atoms with Crippen LogP contribution in [0.2, 0.25) is 0 Å². The summed E-state index contributed by atoms with van der Waals surface area (Å²) in [4.78, 5) is 38.4. The van der Waals surface area contributed by atoms with E-state index < -0.39 is 40.7 Å². The highest BCUT2D eigenvalue weighted by atomic mass is 32.2. The maximum Gasteiger partial charge on any atom is 0.416 e. The first kappa shape index (κ1) is 23.2. The number of amides is 2. The van der Waals surface area contributed by atoms with E-state index in [4.69, 9.17) is 5.73 Å². The number of likely N-dealkylation sites (N-methyl/N-ethyl adjacent to an activating group) is 1. The number of thioether (sulfide) groups is 1. The Hall–Kier alpha value is -3.46. The standard InChI is InChI=1S/C20H17F3N4O4S/c1-26-17(29)15-14(9-3-5-10(6-4-9)20(21,22)23)11(8-24)16(25)27-18(30)12(32-19(15)27)7-13(28)31-2/h3-6,12,14H,7,25H2,1-2H3,(H,26,29)/t12-,14+/m1/s1. The summed E-state index contributed by atoms with van der Waals surface area (Å²) in [6, 6.07) is 5.87. The molecule has 2 amide bonds. The summed E-state index contributed by atoms with van der Waals surface area (Å²) in [6.07, 6.45) is -4.85. The van der Waals surface area contributed by atoms with Gasteiger partial charge in [0.2, 0.25) is 5.91 Å². The van der Waals surface area contributed by atoms with Gasteiger partial charge in [0.1, 0.15) is 11.1 Å². The van der Waals surface area contributed by atoms with Crippen LogP contribution < -0.4 is 11.1 Å². The number of ether oxygens (including phenoxy) is 1. The zero-order valence-corrected chi connectivity index (χ0v) is 17.6. The van der Waals surface area contributed by atoms with Crippen LogP contribution in [0.5, 0.6) is 0 Å². The number of carbonyl (C=O) groups excluding carboxylic acids is 3. The largest absolute Gasteiger partial charge is 0.469 e. The summed E-state index contributed by atoms with van der Waals surface area (Å²) < 4.78 is 43.5. The maximum absolute atomic E-state index is 13.0. The minimum atomic E-state index is -4.56. The fraction of sp³-hybridized carbons (Fsp3) is 0.300. The summed E-state index contributed by atoms with van der Waals surface area (Å²) in [5.74, 6) is -3.25. The zero-order valence-electron chi connectivity index (χ0n) is 16.8. The highest BCUT2D eigenvalue weighted by Gasteiger charge is 2.48. The molecule has 2 heterocycles. The monoisotopic (exact) mass is 466 g/mol. The number of fused-ring (bicyclic) bond motifs is 1. The Morgan fingerprint density at radius 2 is 1.94 bits per heavy atom. The van der Waals surface area contributed by atoms with Gasteiger partial charge in [0.05, 0.1) is 47.3 Å². The molecule has 1 aromatic rings. The molecule has 2 aliphatic rings. The smallest absolute Gasteiger partial charge is 0.416 e. The summed E-state index contributed by atoms with van der Waals surface area (Å²) >= 11 is 0.911. The maximum atomic E-state index is 13.0. The SMILES string of the molecule is CNC(=O)C1=C2S[C@H](CC(=O)OC)C(=O)N2C(N)=C(C#N)[C@@H]1c1ccc(C(F)(F)F)cc1. The number of carbonyl (C=O) groups is 3. The van der Waals surface area contributed by atoms with Gasteiger partial charge in [-0.15, -0.1) is 0 Å². The molecule has 12 heteroatoms. The second-order valence-corrected chi connectivity index (χ2v) is 8.01. The number of hydrogen-bond acceptors (Lipinski definition) is 7. The predicted octanol–water partition coefficient (Wildman–Crippen LogP) is 1.96. The molecule has 1 aromatic carbocycles. The topological polar surface area (TPSA) is 126 Å². The molecule has 3 N–H and O–H groups in total. The molecular weight excluding hydrogens is 449 g/mol. The average Bonchev–Trinajstić information content (AvgIpc) is 3.08. The molecule has 0 spiro atoms. The van der Waals surface area contributed by atoms with Gasteiger partial charge in [-0.1, -0.05) is 23.9 Å². The van der Waals surface area contributed by atoms with E-state index in [1.54, 1.807) is 0 Å². The Kier molecular flexibility index (Phi) is 6.23. The molecule has 168 valence electrons. The zero-order chi connectivity index (χ0) is 23.8. The number of benzene rings is 1. The fourth-order valence-corrected chi connectivity index (χ4v) is 4.80. The van der Waals surface area contributed by atoms with E-state index in [0.717, 1.165) is 48.0 Å². The quantitative estimate of drug-likeness (QED) is 0.650. The molecule has 1 fully saturated rings. The lowest BCUT2D eigenvalue weighted by Crippen LogP contribution is -2.39. The molecule has 0 aromatic heterocycles. The molecule has 0 saturated carbocycles. The summed E-state index contributed by atoms with van der Waals surface area (Å²) in [7, 11) is 2.50. The molecule has 1 saturated heterocycles. The summed E-state index contributed by atoms with van der Waals surface area (Å²) in [6.45, 7) is 0. The van der Waals surface area contributed by atoms with Crippen molar-refractivity contribution in [1.82, 2.24) is 10.2 Å². The third kappa shape index (κ3) is 3.91. The first-order valence-electron chi connectivity index (χ1n) is 9.15. The number of hydrogen-bond donors (Lipinski definition) is 2. The van der Waals surface area contributed by atoms with Crippen LogP contribution in [0.15, 0.2) is 46.3 Å². The van der Waals surface area contributed by atoms with Crippen molar-refractivity contribution in [3.63, 3.8) is 0 Å². The van der Waals surface area contributed by atoms with Crippen molar-refractivity contribution in [2.24, 2.45) is 5.73 Å². The number of rotatable bonds is 4. The van der Waals surface area contributed by atoms with Crippen LogP contribution >= 0.6 is 11.8 Å².